The van der Waals surface area contributed by atoms with Gasteiger partial charge in [-0.05, 0) is 50.4 Å². The monoisotopic (exact) mass is 346 g/mol. The van der Waals surface area contributed by atoms with Crippen molar-refractivity contribution in [3.8, 4) is 0 Å². The maximum Gasteiger partial charge on any atom is 0.419 e. The first-order valence-corrected chi connectivity index (χ1v) is 7.81. The smallest absolute Gasteiger partial charge is 0.419 e. The van der Waals surface area contributed by atoms with Crippen LogP contribution in [0.15, 0.2) is 18.2 Å². The second-order valence-electron chi connectivity index (χ2n) is 6.36. The molecule has 1 aromatic rings. The predicted octanol–water partition coefficient (Wildman–Crippen LogP) is 3.31. The second-order valence-corrected chi connectivity index (χ2v) is 6.36. The maximum atomic E-state index is 13.4. The van der Waals surface area contributed by atoms with Gasteiger partial charge >= 0.3 is 12.3 Å². The highest BCUT2D eigenvalue weighted by molar-refractivity contribution is 5.70. The number of nitrogens with one attached hydrogen (secondary N) is 2. The first-order chi connectivity index (χ1) is 11.2. The number of benzene rings is 1. The normalized spacial score (nSPS) is 23.1. The fourth-order valence-corrected chi connectivity index (χ4v) is 2.84. The number of hydrogen-bond acceptors (Lipinski definition) is 3. The van der Waals surface area contributed by atoms with E-state index in [2.05, 4.69) is 10.6 Å². The zero-order chi connectivity index (χ0) is 17.5. The molecule has 3 rings (SSSR count). The van der Waals surface area contributed by atoms with Crippen molar-refractivity contribution in [3.05, 3.63) is 35.1 Å². The van der Waals surface area contributed by atoms with Crippen molar-refractivity contribution in [1.82, 2.24) is 10.6 Å². The van der Waals surface area contributed by atoms with Crippen molar-refractivity contribution in [2.45, 2.75) is 50.0 Å². The van der Waals surface area contributed by atoms with E-state index in [-0.39, 0.29) is 17.7 Å². The zero-order valence-electron chi connectivity index (χ0n) is 13.0. The fraction of sp³-hybridized carbons (Fsp3) is 0.562. The van der Waals surface area contributed by atoms with E-state index < -0.39 is 29.2 Å². The van der Waals surface area contributed by atoms with Crippen molar-refractivity contribution < 1.29 is 27.1 Å². The third kappa shape index (κ3) is 3.33. The Morgan fingerprint density at radius 3 is 2.58 bits per heavy atom. The lowest BCUT2D eigenvalue weighted by Gasteiger charge is -2.33. The van der Waals surface area contributed by atoms with Crippen LogP contribution in [0.5, 0.6) is 0 Å². The van der Waals surface area contributed by atoms with Crippen LogP contribution in [0.4, 0.5) is 22.4 Å². The Morgan fingerprint density at radius 1 is 1.42 bits per heavy atom. The third-order valence-corrected chi connectivity index (χ3v) is 4.64. The molecule has 1 saturated carbocycles. The molecule has 2 atom stereocenters. The van der Waals surface area contributed by atoms with E-state index in [1.807, 2.05) is 0 Å². The van der Waals surface area contributed by atoms with Crippen LogP contribution in [0.1, 0.15) is 37.3 Å². The zero-order valence-corrected chi connectivity index (χ0v) is 13.0. The molecule has 0 radical (unpaired) electrons. The molecule has 0 aromatic heterocycles. The predicted molar refractivity (Wildman–Crippen MR) is 77.8 cm³/mol. The van der Waals surface area contributed by atoms with E-state index in [4.69, 9.17) is 4.74 Å². The summed E-state index contributed by atoms with van der Waals surface area (Å²) in [5.41, 5.74) is -1.99. The number of hydrogen-bond donors (Lipinski definition) is 2. The highest BCUT2D eigenvalue weighted by atomic mass is 19.4. The van der Waals surface area contributed by atoms with Gasteiger partial charge in [-0.3, -0.25) is 0 Å². The van der Waals surface area contributed by atoms with Gasteiger partial charge in [0.2, 0.25) is 0 Å². The SMILES string of the molecule is C[C@H](OC(=O)NC1(c2ccc(F)c(C(F)(F)F)c2)CC1)C1CCN1. The van der Waals surface area contributed by atoms with Gasteiger partial charge in [-0.1, -0.05) is 6.07 Å². The lowest BCUT2D eigenvalue weighted by Crippen LogP contribution is -2.52. The van der Waals surface area contributed by atoms with Gasteiger partial charge in [0.25, 0.3) is 0 Å². The molecule has 1 heterocycles. The minimum Gasteiger partial charge on any atom is -0.445 e. The van der Waals surface area contributed by atoms with Gasteiger partial charge in [0, 0.05) is 6.04 Å². The molecular weight excluding hydrogens is 328 g/mol. The number of alkyl carbamates (subject to hydrolysis) is 1. The van der Waals surface area contributed by atoms with Crippen molar-refractivity contribution in [2.75, 3.05) is 6.54 Å². The van der Waals surface area contributed by atoms with Crippen molar-refractivity contribution >= 4 is 6.09 Å². The molecule has 1 saturated heterocycles. The summed E-state index contributed by atoms with van der Waals surface area (Å²) in [6.07, 6.45) is -3.89. The number of alkyl halides is 3. The summed E-state index contributed by atoms with van der Waals surface area (Å²) in [5, 5.41) is 5.76. The molecule has 0 spiro atoms. The van der Waals surface area contributed by atoms with Crippen LogP contribution < -0.4 is 10.6 Å². The Hall–Kier alpha value is -1.83. The highest BCUT2D eigenvalue weighted by Gasteiger charge is 2.48. The first-order valence-electron chi connectivity index (χ1n) is 7.81. The molecule has 1 aliphatic heterocycles. The Kier molecular flexibility index (Phi) is 4.19. The van der Waals surface area contributed by atoms with Crippen molar-refractivity contribution in [1.29, 1.82) is 0 Å². The van der Waals surface area contributed by atoms with Crippen LogP contribution >= 0.6 is 0 Å². The van der Waals surface area contributed by atoms with Gasteiger partial charge in [0.15, 0.2) is 0 Å². The molecule has 8 heteroatoms. The summed E-state index contributed by atoms with van der Waals surface area (Å²) in [5.74, 6) is -1.32. The second kappa shape index (κ2) is 5.91. The van der Waals surface area contributed by atoms with Crippen LogP contribution in [0, 0.1) is 5.82 Å². The van der Waals surface area contributed by atoms with Crippen molar-refractivity contribution in [3.63, 3.8) is 0 Å². The molecule has 1 aliphatic carbocycles. The van der Waals surface area contributed by atoms with E-state index in [1.54, 1.807) is 6.92 Å². The van der Waals surface area contributed by atoms with Crippen LogP contribution in [0.3, 0.4) is 0 Å². The molecule has 1 aromatic carbocycles. The van der Waals surface area contributed by atoms with Gasteiger partial charge in [-0.15, -0.1) is 0 Å². The molecule has 2 aliphatic rings. The Morgan fingerprint density at radius 2 is 2.08 bits per heavy atom. The molecule has 132 valence electrons. The van der Waals surface area contributed by atoms with E-state index >= 15 is 0 Å². The summed E-state index contributed by atoms with van der Waals surface area (Å²) < 4.78 is 57.2. The number of halogens is 4. The summed E-state index contributed by atoms with van der Waals surface area (Å²) in [6.45, 7) is 2.63. The average Bonchev–Trinajstić information content (AvgIpc) is 3.15. The molecule has 0 bridgehead atoms. The summed E-state index contributed by atoms with van der Waals surface area (Å²) >= 11 is 0. The van der Waals surface area contributed by atoms with Gasteiger partial charge < -0.3 is 15.4 Å². The van der Waals surface area contributed by atoms with Gasteiger partial charge in [0.1, 0.15) is 11.9 Å². The Balaban J connectivity index is 1.71. The molecule has 2 N–H and O–H groups in total. The van der Waals surface area contributed by atoms with E-state index in [1.165, 1.54) is 6.07 Å². The summed E-state index contributed by atoms with van der Waals surface area (Å²) in [4.78, 5) is 12.0. The molecular formula is C16H18F4N2O2. The third-order valence-electron chi connectivity index (χ3n) is 4.64. The molecule has 1 amide bonds. The average molecular weight is 346 g/mol. The summed E-state index contributed by atoms with van der Waals surface area (Å²) in [7, 11) is 0. The van der Waals surface area contributed by atoms with Crippen molar-refractivity contribution in [2.24, 2.45) is 0 Å². The standard InChI is InChI=1S/C16H18F4N2O2/c1-9(13-4-7-21-13)24-14(23)22-15(5-6-15)10-2-3-12(17)11(8-10)16(18,19)20/h2-3,8-9,13,21H,4-7H2,1H3,(H,22,23)/t9-,13?/m0/s1. The van der Waals surface area contributed by atoms with E-state index in [0.29, 0.717) is 12.8 Å². The minimum atomic E-state index is -4.78. The van der Waals surface area contributed by atoms with Crippen LogP contribution in [-0.2, 0) is 16.5 Å². The lowest BCUT2D eigenvalue weighted by molar-refractivity contribution is -0.140. The molecule has 2 fully saturated rings. The van der Waals surface area contributed by atoms with Gasteiger partial charge in [-0.25, -0.2) is 9.18 Å². The maximum absolute atomic E-state index is 13.4. The van der Waals surface area contributed by atoms with Crippen LogP contribution in [0.2, 0.25) is 0 Å². The van der Waals surface area contributed by atoms with Gasteiger partial charge in [-0.2, -0.15) is 13.2 Å². The number of carbonyl (C=O) groups excluding carboxylic acids is 1. The Bertz CT molecular complexity index is 639. The quantitative estimate of drug-likeness (QED) is 0.823. The lowest BCUT2D eigenvalue weighted by atomic mass is 10.0. The minimum absolute atomic E-state index is 0.105. The van der Waals surface area contributed by atoms with Crippen LogP contribution in [0.25, 0.3) is 0 Å². The molecule has 4 nitrogen and oxygen atoms in total. The van der Waals surface area contributed by atoms with Crippen LogP contribution in [-0.4, -0.2) is 24.8 Å². The number of carbonyl (C=O) groups is 1. The topological polar surface area (TPSA) is 50.4 Å². The van der Waals surface area contributed by atoms with E-state index in [0.717, 1.165) is 25.1 Å². The first kappa shape index (κ1) is 17.0. The largest absolute Gasteiger partial charge is 0.445 e. The number of ether oxygens (including phenoxy) is 1. The van der Waals surface area contributed by atoms with E-state index in [9.17, 15) is 22.4 Å². The molecule has 1 unspecified atom stereocenters. The number of amides is 1. The van der Waals surface area contributed by atoms with Gasteiger partial charge in [0.05, 0.1) is 11.1 Å². The highest BCUT2D eigenvalue weighted by Crippen LogP contribution is 2.47. The fourth-order valence-electron chi connectivity index (χ4n) is 2.84. The molecule has 24 heavy (non-hydrogen) atoms. The number of rotatable bonds is 4. The summed E-state index contributed by atoms with van der Waals surface area (Å²) in [6, 6.07) is 2.93. The Labute approximate surface area is 136 Å².